The summed E-state index contributed by atoms with van der Waals surface area (Å²) in [5, 5.41) is 9.70. The Labute approximate surface area is 720 Å². The number of sulfonamides is 2. The number of benzene rings is 2. The largest absolute Gasteiger partial charge is 0.491 e. The van der Waals surface area contributed by atoms with E-state index in [4.69, 9.17) is 71.6 Å². The quantitative estimate of drug-likeness (QED) is 0.0316. The molecule has 4 aromatic heterocycles. The number of amides is 4. The Balaban J connectivity index is 0.000000187. The average Bonchev–Trinajstić information content (AvgIpc) is 1.57. The zero-order valence-electron chi connectivity index (χ0n) is 69.5. The highest BCUT2D eigenvalue weighted by molar-refractivity contribution is 7.91. The lowest BCUT2D eigenvalue weighted by Crippen LogP contribution is -2.64. The molecule has 4 saturated carbocycles. The number of hydrogen-bond acceptors (Lipinski definition) is 25. The molecule has 33 heteroatoms. The number of piperidine rings is 1. The number of pyridine rings is 2. The van der Waals surface area contributed by atoms with Crippen molar-refractivity contribution in [3.8, 4) is 44.4 Å². The SMILES string of the molecule is C=C[C@@H]1C[C@]1(CC(=O)[C@@H]1C[C@@H](Oc2cc(-c3nc(C(C)C)cs3)nc3c(Cl)c(OCCN4CCOCC4)ccc23)[C@H]2CC[C@H]([C@H](C)CC)C(=O)N21)C(=O)NS(=O)(=O)C1CC1.C=C[C@@H]1C[C@]1(CC(=O)[C@@H]1C[C@@H](Oc2cc(-c3nc(C(C)C)cs3)nc3c(Cl)c(OCCN4CCOCC4)ccc23)[C@H]2CN[C@H]([C@H](C)CC)C(=O)N21)C(=O)NS(=O)(=O)C1CC1. The molecule has 27 nitrogen and oxygen atoms in total. The third-order valence-electron chi connectivity index (χ3n) is 26.4. The van der Waals surface area contributed by atoms with Gasteiger partial charge in [0.1, 0.15) is 79.9 Å². The molecule has 648 valence electrons. The van der Waals surface area contributed by atoms with Crippen LogP contribution in [0.1, 0.15) is 169 Å². The molecule has 16 rings (SSSR count). The number of allylic oxidation sites excluding steroid dienone is 2. The number of ether oxygens (including phenoxy) is 6. The summed E-state index contributed by atoms with van der Waals surface area (Å²) >= 11 is 17.2. The van der Waals surface area contributed by atoms with Crippen LogP contribution in [0.15, 0.2) is 72.5 Å². The Hall–Kier alpha value is -7.30. The highest BCUT2D eigenvalue weighted by Crippen LogP contribution is 2.59. The maximum Gasteiger partial charge on any atom is 0.241 e. The second-order valence-corrected chi connectivity index (χ2v) is 41.3. The van der Waals surface area contributed by atoms with Crippen LogP contribution in [0.5, 0.6) is 23.0 Å². The van der Waals surface area contributed by atoms with Crippen LogP contribution in [0.25, 0.3) is 43.2 Å². The van der Waals surface area contributed by atoms with Gasteiger partial charge < -0.3 is 43.5 Å². The first-order valence-corrected chi connectivity index (χ1v) is 48.3. The summed E-state index contributed by atoms with van der Waals surface area (Å²) in [6.07, 6.45) is 7.48. The minimum atomic E-state index is -3.84. The maximum atomic E-state index is 14.6. The molecule has 10 fully saturated rings. The number of rotatable bonds is 34. The molecule has 14 atom stereocenters. The summed E-state index contributed by atoms with van der Waals surface area (Å²) in [5.41, 5.74) is 1.52. The van der Waals surface area contributed by atoms with Gasteiger partial charge in [0.05, 0.1) is 100 Å². The third-order valence-corrected chi connectivity index (χ3v) is 32.6. The van der Waals surface area contributed by atoms with E-state index in [1.165, 1.54) is 22.7 Å². The number of halogens is 2. The number of fused-ring (bicyclic) bond motifs is 4. The van der Waals surface area contributed by atoms with Crippen LogP contribution < -0.4 is 33.7 Å². The third kappa shape index (κ3) is 18.2. The zero-order valence-corrected chi connectivity index (χ0v) is 74.3. The lowest BCUT2D eigenvalue weighted by atomic mass is 9.81. The van der Waals surface area contributed by atoms with Crippen molar-refractivity contribution < 1.29 is 74.0 Å². The highest BCUT2D eigenvalue weighted by Gasteiger charge is 2.65. The van der Waals surface area contributed by atoms with Gasteiger partial charge in [-0.1, -0.05) is 104 Å². The molecule has 0 spiro atoms. The topological polar surface area (TPSA) is 327 Å². The molecule has 4 aliphatic carbocycles. The molecule has 3 N–H and O–H groups in total. The van der Waals surface area contributed by atoms with E-state index in [2.05, 4.69) is 79.3 Å². The molecular formula is C87H111Cl2N11O16S4. The van der Waals surface area contributed by atoms with Crippen LogP contribution in [-0.4, -0.2) is 230 Å². The van der Waals surface area contributed by atoms with E-state index in [-0.39, 0.29) is 90.5 Å². The summed E-state index contributed by atoms with van der Waals surface area (Å²) in [7, 11) is -7.67. The number of morpholine rings is 2. The summed E-state index contributed by atoms with van der Waals surface area (Å²) in [6, 6.07) is 7.94. The summed E-state index contributed by atoms with van der Waals surface area (Å²) in [4.78, 5) is 113. The second kappa shape index (κ2) is 36.1. The normalized spacial score (nSPS) is 27.5. The lowest BCUT2D eigenvalue weighted by molar-refractivity contribution is -0.149. The van der Waals surface area contributed by atoms with Crippen LogP contribution in [0.4, 0.5) is 0 Å². The molecular weight excluding hydrogens is 1650 g/mol. The fourth-order valence-corrected chi connectivity index (χ4v) is 23.2. The molecule has 0 bridgehead atoms. The first-order valence-electron chi connectivity index (χ1n) is 42.7. The molecule has 6 saturated heterocycles. The number of carbonyl (C=O) groups is 6. The van der Waals surface area contributed by atoms with Gasteiger partial charge in [-0.2, -0.15) is 0 Å². The van der Waals surface area contributed by atoms with E-state index in [1.807, 2.05) is 61.0 Å². The second-order valence-electron chi connectivity index (χ2n) is 35.0. The Kier molecular flexibility index (Phi) is 26.4. The van der Waals surface area contributed by atoms with Gasteiger partial charge in [0.25, 0.3) is 0 Å². The van der Waals surface area contributed by atoms with E-state index >= 15 is 0 Å². The minimum absolute atomic E-state index is 0.000603. The van der Waals surface area contributed by atoms with E-state index < -0.39 is 95.6 Å². The fraction of sp³-hybridized carbons (Fsp3) is 0.609. The number of ketones is 2. The van der Waals surface area contributed by atoms with Crippen molar-refractivity contribution in [1.29, 1.82) is 0 Å². The number of piperazine rings is 1. The van der Waals surface area contributed by atoms with Gasteiger partial charge in [-0.05, 0) is 111 Å². The van der Waals surface area contributed by atoms with Crippen LogP contribution in [-0.2, 0) is 58.3 Å². The van der Waals surface area contributed by atoms with Gasteiger partial charge in [0.2, 0.25) is 43.7 Å². The van der Waals surface area contributed by atoms with E-state index in [1.54, 1.807) is 22.0 Å². The number of nitrogens with zero attached hydrogens (tertiary/aromatic N) is 8. The maximum absolute atomic E-state index is 14.6. The van der Waals surface area contributed by atoms with Crippen LogP contribution >= 0.6 is 45.9 Å². The predicted octanol–water partition coefficient (Wildman–Crippen LogP) is 12.1. The first kappa shape index (κ1) is 87.6. The monoisotopic (exact) mass is 1760 g/mol. The van der Waals surface area contributed by atoms with E-state index in [0.717, 1.165) is 63.5 Å². The summed E-state index contributed by atoms with van der Waals surface area (Å²) in [6.45, 7) is 33.1. The lowest BCUT2D eigenvalue weighted by Gasteiger charge is -2.41. The van der Waals surface area contributed by atoms with Gasteiger partial charge in [0, 0.05) is 111 Å². The van der Waals surface area contributed by atoms with Crippen molar-refractivity contribution >= 4 is 123 Å². The van der Waals surface area contributed by atoms with Crippen molar-refractivity contribution in [2.45, 2.75) is 210 Å². The number of carbonyl (C=O) groups excluding carboxylic acids is 6. The van der Waals surface area contributed by atoms with Gasteiger partial charge in [-0.15, -0.1) is 35.8 Å². The van der Waals surface area contributed by atoms with Crippen molar-refractivity contribution in [2.75, 3.05) is 85.5 Å². The number of nitrogens with one attached hydrogen (secondary N) is 3. The van der Waals surface area contributed by atoms with E-state index in [9.17, 15) is 45.6 Å². The highest BCUT2D eigenvalue weighted by atomic mass is 35.5. The van der Waals surface area contributed by atoms with Crippen molar-refractivity contribution in [3.05, 3.63) is 93.9 Å². The Morgan fingerprint density at radius 3 is 1.43 bits per heavy atom. The van der Waals surface area contributed by atoms with E-state index in [0.29, 0.717) is 174 Å². The standard InChI is InChI=1S/C44H56ClN5O8S2.C43H55ClN6O8S2/c1-6-26(5)29-10-12-33-38(21-34(50(33)42(29)52)35(51)23-44(22-27(44)7-2)43(53)48-60(54,55)28-8-9-28)58-37-20-31(41-47-32(24-59-41)25(3)4)46-40-30(37)11-13-36(39(40)45)57-19-16-49-14-17-56-18-15-49;1-6-25(5)38-41(52)50-31(33(51)21-43(20-26(43)7-2)42(53)48-60(54,55)27-8-9-27)19-36(32(50)22-45-38)58-35-18-29(40-47-30(23-59-40)24(3)4)46-39-28(35)10-11-34(37(39)44)57-17-14-49-12-15-56-16-13-49/h7,11,13,20,24-29,33-34,38H,2,6,8-10,12,14-19,21-23H2,1,3-5H3,(H,48,53);7,10-11,18,23-27,31-32,36,38,45H,2,6,8-9,12-17,19-22H2,1,3-5H3,(H,48,53)/t26-,27-,29-,33-,34+,38-,44-;25-,26-,31+,32-,36-,38-,43-/m11/s1. The van der Waals surface area contributed by atoms with Crippen molar-refractivity contribution in [1.82, 2.24) is 54.3 Å². The number of aromatic nitrogens is 4. The Bertz CT molecular complexity index is 4830. The molecule has 2 aromatic carbocycles. The molecule has 0 unspecified atom stereocenters. The molecule has 6 aromatic rings. The summed E-state index contributed by atoms with van der Waals surface area (Å²) in [5.74, 6) is -0.676. The van der Waals surface area contributed by atoms with Crippen LogP contribution in [0, 0.1) is 40.4 Å². The molecule has 6 aliphatic heterocycles. The molecule has 120 heavy (non-hydrogen) atoms. The molecule has 10 heterocycles. The van der Waals surface area contributed by atoms with Crippen LogP contribution in [0.3, 0.4) is 0 Å². The molecule has 10 aliphatic rings. The first-order chi connectivity index (χ1) is 57.5. The van der Waals surface area contributed by atoms with Gasteiger partial charge in [-0.25, -0.2) is 36.8 Å². The Morgan fingerprint density at radius 2 is 1.03 bits per heavy atom. The van der Waals surface area contributed by atoms with Gasteiger partial charge in [-0.3, -0.25) is 48.0 Å². The Morgan fingerprint density at radius 1 is 0.600 bits per heavy atom. The predicted molar refractivity (Wildman–Crippen MR) is 461 cm³/mol. The molecule has 0 radical (unpaired) electrons. The van der Waals surface area contributed by atoms with Crippen molar-refractivity contribution in [3.63, 3.8) is 0 Å². The number of Topliss-reactive ketones (excluding diaryl/α,β-unsaturated/α-hetero) is 2. The zero-order chi connectivity index (χ0) is 85.0. The fourth-order valence-electron chi connectivity index (χ4n) is 18.0. The number of hydrogen-bond donors (Lipinski definition) is 3. The smallest absolute Gasteiger partial charge is 0.241 e. The van der Waals surface area contributed by atoms with Crippen LogP contribution in [0.2, 0.25) is 10.0 Å². The summed E-state index contributed by atoms with van der Waals surface area (Å²) < 4.78 is 93.3. The minimum Gasteiger partial charge on any atom is -0.491 e. The number of thiazole rings is 2. The van der Waals surface area contributed by atoms with Gasteiger partial charge in [0.15, 0.2) is 11.6 Å². The molecule has 4 amide bonds. The van der Waals surface area contributed by atoms with Gasteiger partial charge >= 0.3 is 0 Å². The average molecular weight is 1770 g/mol. The van der Waals surface area contributed by atoms with Crippen molar-refractivity contribution in [2.24, 2.45) is 40.4 Å².